The lowest BCUT2D eigenvalue weighted by atomic mass is 10.4. The van der Waals surface area contributed by atoms with E-state index in [1.54, 1.807) is 0 Å². The minimum Gasteiger partial charge on any atom is -0.376 e. The van der Waals surface area contributed by atoms with E-state index in [4.69, 9.17) is 10.6 Å². The van der Waals surface area contributed by atoms with Crippen LogP contribution in [0.25, 0.3) is 0 Å². The Kier molecular flexibility index (Phi) is 7.08. The fourth-order valence-corrected chi connectivity index (χ4v) is 6.75. The maximum Gasteiger partial charge on any atom is 0.0756 e. The van der Waals surface area contributed by atoms with Crippen LogP contribution >= 0.6 is 8.75 Å². The van der Waals surface area contributed by atoms with Gasteiger partial charge in [-0.2, -0.15) is 8.75 Å². The molecule has 0 fully saturated rings. The van der Waals surface area contributed by atoms with Gasteiger partial charge in [-0.25, -0.2) is 0 Å². The van der Waals surface area contributed by atoms with E-state index in [0.29, 0.717) is 6.61 Å². The summed E-state index contributed by atoms with van der Waals surface area (Å²) in [6, 6.07) is 0. The zero-order chi connectivity index (χ0) is 16.7. The van der Waals surface area contributed by atoms with Gasteiger partial charge in [0, 0.05) is 6.61 Å². The summed E-state index contributed by atoms with van der Waals surface area (Å²) in [5, 5.41) is 0. The highest BCUT2D eigenvalue weighted by atomic mass is 32.3. The van der Waals surface area contributed by atoms with Crippen molar-refractivity contribution in [1.82, 2.24) is 0 Å². The highest BCUT2D eigenvalue weighted by Gasteiger charge is 2.36. The third-order valence-electron chi connectivity index (χ3n) is 4.54. The van der Waals surface area contributed by atoms with Gasteiger partial charge in [-0.1, -0.05) is 50.6 Å². The lowest BCUT2D eigenvalue weighted by Crippen LogP contribution is -2.17. The molecule has 2 heteroatoms. The molecule has 0 aromatic rings. The van der Waals surface area contributed by atoms with Gasteiger partial charge in [-0.15, -0.1) is 0 Å². The molecule has 0 heterocycles. The first-order valence-corrected chi connectivity index (χ1v) is 11.1. The van der Waals surface area contributed by atoms with Crippen LogP contribution in [-0.2, 0) is 4.74 Å². The molecule has 0 aromatic carbocycles. The predicted octanol–water partition coefficient (Wildman–Crippen LogP) is 6.27. The van der Waals surface area contributed by atoms with Crippen molar-refractivity contribution in [2.75, 3.05) is 19.5 Å². The third-order valence-corrected chi connectivity index (χ3v) is 9.66. The Morgan fingerprint density at radius 2 is 2.14 bits per heavy atom. The molecule has 0 radical (unpaired) electrons. The standard InChI is InChI=1S/C20H34OS/c1-7-10-13-19(9-3)22(5,6,20-14-11-12-15-20)18(4)17-21-16-8-2/h9-10,13-14H,4-5,7-8,11-12,15-17H2,1-3,6H3/b13-10-,19-9+. The van der Waals surface area contributed by atoms with Gasteiger partial charge in [-0.3, -0.25) is 0 Å². The molecule has 0 saturated carbocycles. The van der Waals surface area contributed by atoms with E-state index in [2.05, 4.69) is 57.9 Å². The van der Waals surface area contributed by atoms with Crippen LogP contribution in [-0.4, -0.2) is 25.3 Å². The van der Waals surface area contributed by atoms with Crippen molar-refractivity contribution in [3.8, 4) is 0 Å². The van der Waals surface area contributed by atoms with E-state index >= 15 is 0 Å². The highest BCUT2D eigenvalue weighted by molar-refractivity contribution is 8.54. The first kappa shape index (κ1) is 19.2. The summed E-state index contributed by atoms with van der Waals surface area (Å²) in [5.41, 5.74) is 0. The van der Waals surface area contributed by atoms with Gasteiger partial charge in [0.05, 0.1) is 6.61 Å². The summed E-state index contributed by atoms with van der Waals surface area (Å²) in [6.07, 6.45) is 17.1. The number of ether oxygens (including phenoxy) is 1. The van der Waals surface area contributed by atoms with E-state index < -0.39 is 8.75 Å². The predicted molar refractivity (Wildman–Crippen MR) is 106 cm³/mol. The smallest absolute Gasteiger partial charge is 0.0756 e. The first-order valence-electron chi connectivity index (χ1n) is 8.45. The van der Waals surface area contributed by atoms with Gasteiger partial charge in [-0.05, 0) is 60.0 Å². The third kappa shape index (κ3) is 3.72. The normalized spacial score (nSPS) is 18.3. The maximum atomic E-state index is 5.82. The van der Waals surface area contributed by atoms with Gasteiger partial charge in [0.15, 0.2) is 0 Å². The number of hydrogen-bond acceptors (Lipinski definition) is 1. The molecule has 1 aliphatic rings. The topological polar surface area (TPSA) is 9.23 Å². The Morgan fingerprint density at radius 3 is 2.64 bits per heavy atom. The first-order chi connectivity index (χ1) is 10.4. The van der Waals surface area contributed by atoms with E-state index in [1.165, 1.54) is 22.7 Å². The molecule has 0 spiro atoms. The van der Waals surface area contributed by atoms with E-state index in [-0.39, 0.29) is 0 Å². The summed E-state index contributed by atoms with van der Waals surface area (Å²) in [6.45, 7) is 12.3. The van der Waals surface area contributed by atoms with Crippen molar-refractivity contribution in [3.05, 3.63) is 45.6 Å². The van der Waals surface area contributed by atoms with Crippen LogP contribution in [0.5, 0.6) is 0 Å². The monoisotopic (exact) mass is 322 g/mol. The molecule has 1 rings (SSSR count). The van der Waals surface area contributed by atoms with Crippen molar-refractivity contribution < 1.29 is 4.74 Å². The minimum absolute atomic E-state index is 0.615. The highest BCUT2D eigenvalue weighted by Crippen LogP contribution is 2.74. The Labute approximate surface area is 137 Å². The lowest BCUT2D eigenvalue weighted by Gasteiger charge is -2.49. The molecular formula is C20H34OS. The molecular weight excluding hydrogens is 288 g/mol. The van der Waals surface area contributed by atoms with E-state index in [1.807, 2.05) is 0 Å². The van der Waals surface area contributed by atoms with Crippen LogP contribution < -0.4 is 0 Å². The SMILES string of the molecule is C=C(COCCC)S(=C)(C)(C1=CCCC1)C(/C=C\CC)=C/C. The molecule has 22 heavy (non-hydrogen) atoms. The Morgan fingerprint density at radius 1 is 1.41 bits per heavy atom. The summed E-state index contributed by atoms with van der Waals surface area (Å²) in [7, 11) is -2.27. The quantitative estimate of drug-likeness (QED) is 0.276. The fraction of sp³-hybridized carbons (Fsp3) is 0.550. The van der Waals surface area contributed by atoms with Crippen LogP contribution in [0.3, 0.4) is 0 Å². The van der Waals surface area contributed by atoms with Gasteiger partial charge in [0.25, 0.3) is 0 Å². The van der Waals surface area contributed by atoms with Crippen molar-refractivity contribution in [2.24, 2.45) is 0 Å². The fourth-order valence-electron chi connectivity index (χ4n) is 2.97. The number of allylic oxidation sites excluding steroid dienone is 5. The van der Waals surface area contributed by atoms with Crippen molar-refractivity contribution in [3.63, 3.8) is 0 Å². The second-order valence-electron chi connectivity index (χ2n) is 6.30. The average Bonchev–Trinajstić information content (AvgIpc) is 3.03. The zero-order valence-electron chi connectivity index (χ0n) is 15.0. The Hall–Kier alpha value is -0.860. The molecule has 0 saturated heterocycles. The molecule has 0 amide bonds. The molecule has 0 aliphatic heterocycles. The second-order valence-corrected chi connectivity index (χ2v) is 11.1. The summed E-state index contributed by atoms with van der Waals surface area (Å²) >= 11 is 0. The van der Waals surface area contributed by atoms with Crippen molar-refractivity contribution in [1.29, 1.82) is 0 Å². The summed E-state index contributed by atoms with van der Waals surface area (Å²) in [5.74, 6) is 4.83. The Bertz CT molecular complexity index is 548. The molecule has 126 valence electrons. The zero-order valence-corrected chi connectivity index (χ0v) is 15.8. The maximum absolute atomic E-state index is 5.82. The van der Waals surface area contributed by atoms with E-state index in [0.717, 1.165) is 30.8 Å². The molecule has 0 bridgehead atoms. The molecule has 1 nitrogen and oxygen atoms in total. The van der Waals surface area contributed by atoms with Gasteiger partial charge in [0.2, 0.25) is 0 Å². The summed E-state index contributed by atoms with van der Waals surface area (Å²) in [4.78, 5) is 3.99. The van der Waals surface area contributed by atoms with Crippen LogP contribution in [0, 0.1) is 0 Å². The summed E-state index contributed by atoms with van der Waals surface area (Å²) < 4.78 is 5.82. The van der Waals surface area contributed by atoms with Crippen LogP contribution in [0.15, 0.2) is 45.6 Å². The van der Waals surface area contributed by atoms with Gasteiger partial charge < -0.3 is 4.74 Å². The minimum atomic E-state index is -2.27. The lowest BCUT2D eigenvalue weighted by molar-refractivity contribution is 0.161. The van der Waals surface area contributed by atoms with Gasteiger partial charge >= 0.3 is 0 Å². The average molecular weight is 323 g/mol. The number of rotatable bonds is 9. The molecule has 0 aromatic heterocycles. The van der Waals surface area contributed by atoms with Crippen LogP contribution in [0.1, 0.15) is 52.9 Å². The van der Waals surface area contributed by atoms with E-state index in [9.17, 15) is 0 Å². The molecule has 0 unspecified atom stereocenters. The van der Waals surface area contributed by atoms with Gasteiger partial charge in [0.1, 0.15) is 0 Å². The molecule has 1 aliphatic carbocycles. The molecule has 0 atom stereocenters. The van der Waals surface area contributed by atoms with Crippen molar-refractivity contribution in [2.45, 2.75) is 52.9 Å². The van der Waals surface area contributed by atoms with Crippen LogP contribution in [0.2, 0.25) is 0 Å². The Balaban J connectivity index is 3.29. The largest absolute Gasteiger partial charge is 0.376 e. The second kappa shape index (κ2) is 8.12. The van der Waals surface area contributed by atoms with Crippen molar-refractivity contribution >= 4 is 14.6 Å². The van der Waals surface area contributed by atoms with Crippen LogP contribution in [0.4, 0.5) is 0 Å². The molecule has 0 N–H and O–H groups in total. The number of hydrogen-bond donors (Lipinski definition) is 0.